The van der Waals surface area contributed by atoms with Crippen LogP contribution in [0, 0.1) is 11.8 Å². The van der Waals surface area contributed by atoms with Crippen LogP contribution in [-0.2, 0) is 6.54 Å². The number of carbonyl (C=O) groups is 1. The van der Waals surface area contributed by atoms with Crippen molar-refractivity contribution < 1.29 is 4.79 Å². The molecule has 0 saturated carbocycles. The Morgan fingerprint density at radius 2 is 1.50 bits per heavy atom. The maximum Gasteiger partial charge on any atom is 0.312 e. The number of amides is 2. The molecular weight excluding hydrogens is 348 g/mol. The zero-order valence-corrected chi connectivity index (χ0v) is 16.3. The third kappa shape index (κ3) is 4.72. The van der Waals surface area contributed by atoms with Gasteiger partial charge in [0.1, 0.15) is 0 Å². The minimum Gasteiger partial charge on any atom is -0.352 e. The first-order chi connectivity index (χ1) is 13.7. The Morgan fingerprint density at radius 3 is 2.11 bits per heavy atom. The van der Waals surface area contributed by atoms with Crippen molar-refractivity contribution in [3.05, 3.63) is 71.8 Å². The SMILES string of the molecule is NC(=O)N[C@@H](CCN1CC2CN(Cc3ccccc3)CC2C1)c1ccccc1. The lowest BCUT2D eigenvalue weighted by Gasteiger charge is -2.24. The van der Waals surface area contributed by atoms with Gasteiger partial charge in [0.15, 0.2) is 0 Å². The smallest absolute Gasteiger partial charge is 0.312 e. The lowest BCUT2D eigenvalue weighted by Crippen LogP contribution is -2.36. The second kappa shape index (κ2) is 8.76. The second-order valence-electron chi connectivity index (χ2n) is 8.22. The Balaban J connectivity index is 1.27. The number of carbonyl (C=O) groups excluding carboxylic acids is 1. The average molecular weight is 379 g/mol. The Labute approximate surface area is 167 Å². The highest BCUT2D eigenvalue weighted by Crippen LogP contribution is 2.32. The number of nitrogens with two attached hydrogens (primary N) is 1. The van der Waals surface area contributed by atoms with Gasteiger partial charge in [-0.1, -0.05) is 60.7 Å². The molecule has 5 nitrogen and oxygen atoms in total. The molecule has 3 N–H and O–H groups in total. The standard InChI is InChI=1S/C23H30N4O/c24-23(28)25-22(19-9-5-2-6-10-19)11-12-26-14-20-16-27(17-21(20)15-26)13-18-7-3-1-4-8-18/h1-10,20-22H,11-17H2,(H3,24,25,28)/t20?,21?,22-/m0/s1. The summed E-state index contributed by atoms with van der Waals surface area (Å²) in [6.45, 7) is 6.76. The zero-order chi connectivity index (χ0) is 19.3. The van der Waals surface area contributed by atoms with Crippen molar-refractivity contribution in [3.63, 3.8) is 0 Å². The van der Waals surface area contributed by atoms with Crippen LogP contribution >= 0.6 is 0 Å². The maximum absolute atomic E-state index is 11.4. The molecule has 3 atom stereocenters. The number of hydrogen-bond acceptors (Lipinski definition) is 3. The topological polar surface area (TPSA) is 61.6 Å². The Kier molecular flexibility index (Phi) is 5.93. The molecule has 4 rings (SSSR count). The lowest BCUT2D eigenvalue weighted by atomic mass is 10.0. The summed E-state index contributed by atoms with van der Waals surface area (Å²) in [5.74, 6) is 1.53. The second-order valence-corrected chi connectivity index (χ2v) is 8.22. The molecule has 5 heteroatoms. The molecule has 0 aromatic heterocycles. The number of fused-ring (bicyclic) bond motifs is 1. The monoisotopic (exact) mass is 378 g/mol. The Bertz CT molecular complexity index is 753. The molecular formula is C23H30N4O. The predicted molar refractivity (Wildman–Crippen MR) is 112 cm³/mol. The Morgan fingerprint density at radius 1 is 0.929 bits per heavy atom. The molecule has 2 heterocycles. The van der Waals surface area contributed by atoms with E-state index >= 15 is 0 Å². The van der Waals surface area contributed by atoms with Gasteiger partial charge >= 0.3 is 6.03 Å². The average Bonchev–Trinajstić information content (AvgIpc) is 3.24. The van der Waals surface area contributed by atoms with Gasteiger partial charge in [0.25, 0.3) is 0 Å². The van der Waals surface area contributed by atoms with Crippen LogP contribution in [0.2, 0.25) is 0 Å². The number of primary amides is 1. The first-order valence-electron chi connectivity index (χ1n) is 10.3. The van der Waals surface area contributed by atoms with E-state index in [4.69, 9.17) is 5.73 Å². The van der Waals surface area contributed by atoms with Gasteiger partial charge in [-0.2, -0.15) is 0 Å². The van der Waals surface area contributed by atoms with Gasteiger partial charge in [0, 0.05) is 39.3 Å². The first kappa shape index (κ1) is 19.0. The third-order valence-corrected chi connectivity index (χ3v) is 6.14. The molecule has 2 aliphatic rings. The van der Waals surface area contributed by atoms with E-state index in [1.54, 1.807) is 0 Å². The Hall–Kier alpha value is -2.37. The van der Waals surface area contributed by atoms with Gasteiger partial charge in [0.05, 0.1) is 6.04 Å². The summed E-state index contributed by atoms with van der Waals surface area (Å²) in [5.41, 5.74) is 7.92. The normalized spacial score (nSPS) is 23.4. The molecule has 2 saturated heterocycles. The van der Waals surface area contributed by atoms with E-state index in [9.17, 15) is 4.79 Å². The number of nitrogens with zero attached hydrogens (tertiary/aromatic N) is 2. The van der Waals surface area contributed by atoms with E-state index in [1.807, 2.05) is 18.2 Å². The van der Waals surface area contributed by atoms with E-state index in [0.29, 0.717) is 0 Å². The minimum absolute atomic E-state index is 0.0197. The van der Waals surface area contributed by atoms with Gasteiger partial charge < -0.3 is 16.0 Å². The number of hydrogen-bond donors (Lipinski definition) is 2. The maximum atomic E-state index is 11.4. The zero-order valence-electron chi connectivity index (χ0n) is 16.3. The molecule has 148 valence electrons. The van der Waals surface area contributed by atoms with Gasteiger partial charge in [-0.05, 0) is 29.4 Å². The highest BCUT2D eigenvalue weighted by Gasteiger charge is 2.39. The summed E-state index contributed by atoms with van der Waals surface area (Å²) in [6.07, 6.45) is 0.889. The summed E-state index contributed by atoms with van der Waals surface area (Å²) >= 11 is 0. The largest absolute Gasteiger partial charge is 0.352 e. The number of likely N-dealkylation sites (tertiary alicyclic amines) is 2. The van der Waals surface area contributed by atoms with Crippen molar-refractivity contribution in [2.45, 2.75) is 19.0 Å². The van der Waals surface area contributed by atoms with Gasteiger partial charge in [0.2, 0.25) is 0 Å². The highest BCUT2D eigenvalue weighted by molar-refractivity contribution is 5.72. The highest BCUT2D eigenvalue weighted by atomic mass is 16.2. The molecule has 2 unspecified atom stereocenters. The fourth-order valence-corrected chi connectivity index (χ4v) is 4.83. The van der Waals surface area contributed by atoms with Crippen LogP contribution in [0.25, 0.3) is 0 Å². The van der Waals surface area contributed by atoms with E-state index in [1.165, 1.54) is 18.7 Å². The van der Waals surface area contributed by atoms with Crippen LogP contribution in [0.4, 0.5) is 4.79 Å². The fourth-order valence-electron chi connectivity index (χ4n) is 4.83. The molecule has 2 aromatic rings. The van der Waals surface area contributed by atoms with Crippen LogP contribution < -0.4 is 11.1 Å². The number of rotatable bonds is 7. The van der Waals surface area contributed by atoms with Crippen LogP contribution in [0.15, 0.2) is 60.7 Å². The molecule has 0 spiro atoms. The van der Waals surface area contributed by atoms with Crippen LogP contribution in [0.3, 0.4) is 0 Å². The number of nitrogens with one attached hydrogen (secondary N) is 1. The van der Waals surface area contributed by atoms with Crippen LogP contribution in [0.5, 0.6) is 0 Å². The number of benzene rings is 2. The van der Waals surface area contributed by atoms with Crippen molar-refractivity contribution in [1.29, 1.82) is 0 Å². The molecule has 0 bridgehead atoms. The van der Waals surface area contributed by atoms with Gasteiger partial charge in [-0.25, -0.2) is 4.79 Å². The minimum atomic E-state index is -0.455. The molecule has 0 radical (unpaired) electrons. The van der Waals surface area contributed by atoms with E-state index in [-0.39, 0.29) is 6.04 Å². The van der Waals surface area contributed by atoms with Crippen molar-refractivity contribution in [2.24, 2.45) is 17.6 Å². The van der Waals surface area contributed by atoms with Crippen molar-refractivity contribution in [2.75, 3.05) is 32.7 Å². The third-order valence-electron chi connectivity index (χ3n) is 6.14. The predicted octanol–water partition coefficient (Wildman–Crippen LogP) is 2.85. The van der Waals surface area contributed by atoms with Gasteiger partial charge in [-0.3, -0.25) is 4.90 Å². The van der Waals surface area contributed by atoms with E-state index < -0.39 is 6.03 Å². The lowest BCUT2D eigenvalue weighted by molar-refractivity contribution is 0.233. The van der Waals surface area contributed by atoms with Crippen molar-refractivity contribution in [3.8, 4) is 0 Å². The van der Waals surface area contributed by atoms with Gasteiger partial charge in [-0.15, -0.1) is 0 Å². The van der Waals surface area contributed by atoms with E-state index in [2.05, 4.69) is 57.6 Å². The summed E-state index contributed by atoms with van der Waals surface area (Å²) in [7, 11) is 0. The van der Waals surface area contributed by atoms with E-state index in [0.717, 1.165) is 50.0 Å². The quantitative estimate of drug-likeness (QED) is 0.779. The molecule has 2 aromatic carbocycles. The number of urea groups is 1. The summed E-state index contributed by atoms with van der Waals surface area (Å²) in [5, 5.41) is 2.91. The fraction of sp³-hybridized carbons (Fsp3) is 0.435. The van der Waals surface area contributed by atoms with Crippen LogP contribution in [0.1, 0.15) is 23.6 Å². The summed E-state index contributed by atoms with van der Waals surface area (Å²) in [4.78, 5) is 16.6. The summed E-state index contributed by atoms with van der Waals surface area (Å²) in [6, 6.07) is 20.4. The molecule has 2 aliphatic heterocycles. The first-order valence-corrected chi connectivity index (χ1v) is 10.3. The molecule has 0 aliphatic carbocycles. The van der Waals surface area contributed by atoms with Crippen molar-refractivity contribution in [1.82, 2.24) is 15.1 Å². The molecule has 2 amide bonds. The summed E-state index contributed by atoms with van der Waals surface area (Å²) < 4.78 is 0. The molecule has 2 fully saturated rings. The van der Waals surface area contributed by atoms with Crippen molar-refractivity contribution >= 4 is 6.03 Å². The van der Waals surface area contributed by atoms with Crippen LogP contribution in [-0.4, -0.2) is 48.6 Å². The molecule has 28 heavy (non-hydrogen) atoms.